The normalized spacial score (nSPS) is 28.0. The van der Waals surface area contributed by atoms with Gasteiger partial charge in [-0.05, 0) is 65.6 Å². The van der Waals surface area contributed by atoms with Crippen LogP contribution in [0.1, 0.15) is 47.9 Å². The highest BCUT2D eigenvalue weighted by molar-refractivity contribution is 5.77. The summed E-state index contributed by atoms with van der Waals surface area (Å²) in [5.74, 6) is 0.431. The van der Waals surface area contributed by atoms with Crippen molar-refractivity contribution in [3.8, 4) is 11.1 Å². The van der Waals surface area contributed by atoms with E-state index in [1.807, 2.05) is 15.9 Å². The second kappa shape index (κ2) is 7.99. The summed E-state index contributed by atoms with van der Waals surface area (Å²) in [5.41, 5.74) is 3.38. The largest absolute Gasteiger partial charge is 0.416 e. The maximum Gasteiger partial charge on any atom is 0.416 e. The van der Waals surface area contributed by atoms with E-state index in [2.05, 4.69) is 17.0 Å². The van der Waals surface area contributed by atoms with E-state index in [9.17, 15) is 23.1 Å². The van der Waals surface area contributed by atoms with E-state index in [1.165, 1.54) is 17.7 Å². The van der Waals surface area contributed by atoms with Crippen LogP contribution in [-0.2, 0) is 6.18 Å². The Morgan fingerprint density at radius 1 is 0.971 bits per heavy atom. The van der Waals surface area contributed by atoms with E-state index in [4.69, 9.17) is 0 Å². The van der Waals surface area contributed by atoms with Crippen LogP contribution >= 0.6 is 0 Å². The van der Waals surface area contributed by atoms with Gasteiger partial charge in [0.2, 0.25) is 0 Å². The van der Waals surface area contributed by atoms with E-state index in [0.717, 1.165) is 54.6 Å². The molecular formula is C26H28F3N3O2. The molecule has 4 heterocycles. The summed E-state index contributed by atoms with van der Waals surface area (Å²) >= 11 is 0. The number of piperazine rings is 1. The molecule has 1 aliphatic carbocycles. The standard InChI is InChI=1S/C26H28F3N3O2/c27-26(28,29)19-4-1-16(2-5-19)17-3-6-22-18-7-8-32(24(12-18)23(22)11-17)25(34)30-14-20-13-21(15-30)31(20)9-10-33/h1-6,11,18,20-21,24,33H,7-10,12-15H2/t18-,20?,21?,24?/m1/s1. The number of halogens is 3. The molecule has 4 bridgehead atoms. The van der Waals surface area contributed by atoms with E-state index in [0.29, 0.717) is 37.6 Å². The lowest BCUT2D eigenvalue weighted by Crippen LogP contribution is -2.70. The third-order valence-corrected chi connectivity index (χ3v) is 8.25. The van der Waals surface area contributed by atoms with Crippen molar-refractivity contribution in [2.45, 2.75) is 49.5 Å². The molecule has 4 aliphatic heterocycles. The molecule has 4 fully saturated rings. The van der Waals surface area contributed by atoms with Gasteiger partial charge < -0.3 is 14.9 Å². The quantitative estimate of drug-likeness (QED) is 0.718. The van der Waals surface area contributed by atoms with E-state index >= 15 is 0 Å². The van der Waals surface area contributed by atoms with Crippen molar-refractivity contribution in [2.24, 2.45) is 0 Å². The molecule has 8 heteroatoms. The molecule has 0 aromatic heterocycles. The molecule has 5 nitrogen and oxygen atoms in total. The van der Waals surface area contributed by atoms with Crippen LogP contribution in [0.25, 0.3) is 11.1 Å². The van der Waals surface area contributed by atoms with Crippen molar-refractivity contribution in [1.29, 1.82) is 0 Å². The highest BCUT2D eigenvalue weighted by atomic mass is 19.4. The van der Waals surface area contributed by atoms with Crippen LogP contribution in [0, 0.1) is 0 Å². The van der Waals surface area contributed by atoms with E-state index < -0.39 is 11.7 Å². The Bertz CT molecular complexity index is 1090. The first kappa shape index (κ1) is 21.9. The van der Waals surface area contributed by atoms with Gasteiger partial charge in [0.25, 0.3) is 0 Å². The lowest BCUT2D eigenvalue weighted by molar-refractivity contribution is -0.137. The SMILES string of the molecule is O=C(N1CC2CC(C1)N2CCO)N1CC[C@@H]2CC1c1cc(-c3ccc(C(F)(F)F)cc3)ccc12. The Kier molecular flexibility index (Phi) is 5.15. The van der Waals surface area contributed by atoms with Gasteiger partial charge in [0, 0.05) is 38.3 Å². The van der Waals surface area contributed by atoms with Gasteiger partial charge in [-0.25, -0.2) is 4.79 Å². The number of aliphatic hydroxyl groups is 1. The Hall–Kier alpha value is -2.58. The number of aliphatic hydroxyl groups excluding tert-OH is 1. The molecule has 2 aromatic rings. The Balaban J connectivity index is 1.23. The number of amides is 2. The minimum absolute atomic E-state index is 0.0162. The highest BCUT2D eigenvalue weighted by Gasteiger charge is 2.48. The van der Waals surface area contributed by atoms with Crippen LogP contribution in [-0.4, -0.2) is 70.7 Å². The Labute approximate surface area is 196 Å². The third kappa shape index (κ3) is 3.50. The second-order valence-corrected chi connectivity index (χ2v) is 10.0. The number of carbonyl (C=O) groups excluding carboxylic acids is 1. The average molecular weight is 472 g/mol. The summed E-state index contributed by atoms with van der Waals surface area (Å²) in [6.07, 6.45) is -1.41. The zero-order valence-electron chi connectivity index (χ0n) is 18.8. The monoisotopic (exact) mass is 471 g/mol. The maximum atomic E-state index is 13.5. The molecule has 34 heavy (non-hydrogen) atoms. The van der Waals surface area contributed by atoms with E-state index in [-0.39, 0.29) is 18.7 Å². The minimum Gasteiger partial charge on any atom is -0.395 e. The fourth-order valence-electron chi connectivity index (χ4n) is 6.54. The smallest absolute Gasteiger partial charge is 0.395 e. The van der Waals surface area contributed by atoms with Crippen molar-refractivity contribution >= 4 is 6.03 Å². The van der Waals surface area contributed by atoms with Gasteiger partial charge in [0.05, 0.1) is 18.2 Å². The molecule has 0 radical (unpaired) electrons. The lowest BCUT2D eigenvalue weighted by atomic mass is 9.87. The summed E-state index contributed by atoms with van der Waals surface area (Å²) in [6, 6.07) is 12.2. The number of urea groups is 1. The number of hydrogen-bond acceptors (Lipinski definition) is 3. The van der Waals surface area contributed by atoms with Crippen LogP contribution < -0.4 is 0 Å². The maximum absolute atomic E-state index is 13.5. The molecule has 0 spiro atoms. The van der Waals surface area contributed by atoms with Gasteiger partial charge in [-0.3, -0.25) is 4.90 Å². The number of benzene rings is 2. The molecular weight excluding hydrogens is 443 g/mol. The van der Waals surface area contributed by atoms with Gasteiger partial charge in [-0.2, -0.15) is 13.2 Å². The van der Waals surface area contributed by atoms with Gasteiger partial charge >= 0.3 is 12.2 Å². The Morgan fingerprint density at radius 3 is 2.35 bits per heavy atom. The number of alkyl halides is 3. The summed E-state index contributed by atoms with van der Waals surface area (Å²) in [5, 5.41) is 9.27. The molecule has 3 unspecified atom stereocenters. The second-order valence-electron chi connectivity index (χ2n) is 10.0. The highest BCUT2D eigenvalue weighted by Crippen LogP contribution is 2.50. The molecule has 4 atom stereocenters. The summed E-state index contributed by atoms with van der Waals surface area (Å²) in [7, 11) is 0. The fourth-order valence-corrected chi connectivity index (χ4v) is 6.54. The predicted molar refractivity (Wildman–Crippen MR) is 121 cm³/mol. The molecule has 5 aliphatic rings. The zero-order chi connectivity index (χ0) is 23.6. The first-order valence-corrected chi connectivity index (χ1v) is 12.1. The number of nitrogens with zero attached hydrogens (tertiary/aromatic N) is 3. The number of likely N-dealkylation sites (tertiary alicyclic amines) is 1. The topological polar surface area (TPSA) is 47.0 Å². The molecule has 2 aromatic carbocycles. The Morgan fingerprint density at radius 2 is 1.68 bits per heavy atom. The van der Waals surface area contributed by atoms with Crippen LogP contribution in [0.15, 0.2) is 42.5 Å². The van der Waals surface area contributed by atoms with Gasteiger partial charge in [0.1, 0.15) is 0 Å². The molecule has 2 amide bonds. The minimum atomic E-state index is -4.35. The number of piperidine rings is 2. The lowest BCUT2D eigenvalue weighted by Gasteiger charge is -2.57. The molecule has 0 saturated carbocycles. The van der Waals surface area contributed by atoms with Crippen molar-refractivity contribution in [2.75, 3.05) is 32.8 Å². The van der Waals surface area contributed by atoms with Crippen molar-refractivity contribution < 1.29 is 23.1 Å². The molecule has 180 valence electrons. The van der Waals surface area contributed by atoms with Crippen molar-refractivity contribution in [3.05, 3.63) is 59.2 Å². The van der Waals surface area contributed by atoms with Crippen LogP contribution in [0.4, 0.5) is 18.0 Å². The van der Waals surface area contributed by atoms with Gasteiger partial charge in [0.15, 0.2) is 0 Å². The predicted octanol–water partition coefficient (Wildman–Crippen LogP) is 4.48. The fraction of sp³-hybridized carbons (Fsp3) is 0.500. The van der Waals surface area contributed by atoms with Gasteiger partial charge in [-0.15, -0.1) is 0 Å². The molecule has 4 saturated heterocycles. The number of carbonyl (C=O) groups is 1. The van der Waals surface area contributed by atoms with Crippen LogP contribution in [0.5, 0.6) is 0 Å². The van der Waals surface area contributed by atoms with Crippen molar-refractivity contribution in [3.63, 3.8) is 0 Å². The third-order valence-electron chi connectivity index (χ3n) is 8.25. The molecule has 7 rings (SSSR count). The zero-order valence-corrected chi connectivity index (χ0v) is 18.8. The number of fused-ring (bicyclic) bond motifs is 7. The summed E-state index contributed by atoms with van der Waals surface area (Å²) in [4.78, 5) is 19.8. The summed E-state index contributed by atoms with van der Waals surface area (Å²) in [6.45, 7) is 2.96. The van der Waals surface area contributed by atoms with Crippen molar-refractivity contribution in [1.82, 2.24) is 14.7 Å². The van der Waals surface area contributed by atoms with Crippen LogP contribution in [0.3, 0.4) is 0 Å². The van der Waals surface area contributed by atoms with E-state index in [1.54, 1.807) is 0 Å². The first-order chi connectivity index (χ1) is 16.3. The average Bonchev–Trinajstić information content (AvgIpc) is 3.13. The summed E-state index contributed by atoms with van der Waals surface area (Å²) < 4.78 is 38.9. The first-order valence-electron chi connectivity index (χ1n) is 12.1. The number of rotatable bonds is 3. The molecule has 1 N–H and O–H groups in total. The number of hydrogen-bond donors (Lipinski definition) is 1. The van der Waals surface area contributed by atoms with Crippen LogP contribution in [0.2, 0.25) is 0 Å². The van der Waals surface area contributed by atoms with Gasteiger partial charge in [-0.1, -0.05) is 24.3 Å².